The SMILES string of the molecule is Cc1cc(C)c(C(C#N)N2CCCNCC2)cc1C. The summed E-state index contributed by atoms with van der Waals surface area (Å²) in [5.74, 6) is 0. The molecule has 2 rings (SSSR count). The summed E-state index contributed by atoms with van der Waals surface area (Å²) in [6, 6.07) is 6.78. The first-order valence-electron chi connectivity index (χ1n) is 7.05. The van der Waals surface area contributed by atoms with Gasteiger partial charge in [0.15, 0.2) is 0 Å². The van der Waals surface area contributed by atoms with Crippen LogP contribution in [0.5, 0.6) is 0 Å². The van der Waals surface area contributed by atoms with Crippen molar-refractivity contribution in [2.24, 2.45) is 0 Å². The predicted molar refractivity (Wildman–Crippen MR) is 78.1 cm³/mol. The summed E-state index contributed by atoms with van der Waals surface area (Å²) in [5.41, 5.74) is 4.98. The summed E-state index contributed by atoms with van der Waals surface area (Å²) in [4.78, 5) is 2.30. The van der Waals surface area contributed by atoms with Crippen molar-refractivity contribution in [3.8, 4) is 6.07 Å². The zero-order chi connectivity index (χ0) is 13.8. The number of aryl methyl sites for hydroxylation is 3. The highest BCUT2D eigenvalue weighted by Crippen LogP contribution is 2.26. The van der Waals surface area contributed by atoms with E-state index < -0.39 is 0 Å². The van der Waals surface area contributed by atoms with Crippen molar-refractivity contribution in [2.45, 2.75) is 33.2 Å². The van der Waals surface area contributed by atoms with E-state index in [4.69, 9.17) is 0 Å². The number of nitriles is 1. The maximum atomic E-state index is 9.60. The van der Waals surface area contributed by atoms with Gasteiger partial charge in [0.2, 0.25) is 0 Å². The topological polar surface area (TPSA) is 39.1 Å². The smallest absolute Gasteiger partial charge is 0.124 e. The van der Waals surface area contributed by atoms with E-state index in [0.29, 0.717) is 0 Å². The lowest BCUT2D eigenvalue weighted by atomic mass is 9.95. The molecular weight excluding hydrogens is 234 g/mol. The van der Waals surface area contributed by atoms with E-state index in [0.717, 1.165) is 32.6 Å². The molecule has 0 amide bonds. The number of hydrogen-bond acceptors (Lipinski definition) is 3. The van der Waals surface area contributed by atoms with Gasteiger partial charge in [0.05, 0.1) is 6.07 Å². The number of hydrogen-bond donors (Lipinski definition) is 1. The van der Waals surface area contributed by atoms with Crippen LogP contribution in [-0.2, 0) is 0 Å². The van der Waals surface area contributed by atoms with Gasteiger partial charge in [0.25, 0.3) is 0 Å². The first-order chi connectivity index (χ1) is 9.13. The van der Waals surface area contributed by atoms with Gasteiger partial charge in [0.1, 0.15) is 6.04 Å². The Morgan fingerprint density at radius 3 is 2.58 bits per heavy atom. The molecule has 1 heterocycles. The van der Waals surface area contributed by atoms with E-state index in [9.17, 15) is 5.26 Å². The summed E-state index contributed by atoms with van der Waals surface area (Å²) in [7, 11) is 0. The van der Waals surface area contributed by atoms with Crippen molar-refractivity contribution in [3.05, 3.63) is 34.4 Å². The first-order valence-corrected chi connectivity index (χ1v) is 7.05. The van der Waals surface area contributed by atoms with Crippen LogP contribution >= 0.6 is 0 Å². The average Bonchev–Trinajstić information content (AvgIpc) is 2.65. The Morgan fingerprint density at radius 1 is 1.11 bits per heavy atom. The third kappa shape index (κ3) is 3.15. The predicted octanol–water partition coefficient (Wildman–Crippen LogP) is 2.47. The van der Waals surface area contributed by atoms with Gasteiger partial charge in [-0.3, -0.25) is 4.90 Å². The molecule has 1 aromatic rings. The monoisotopic (exact) mass is 257 g/mol. The molecule has 0 aliphatic carbocycles. The van der Waals surface area contributed by atoms with Gasteiger partial charge in [-0.1, -0.05) is 12.1 Å². The molecule has 0 spiro atoms. The third-order valence-corrected chi connectivity index (χ3v) is 4.04. The second kappa shape index (κ2) is 6.18. The second-order valence-electron chi connectivity index (χ2n) is 5.46. The Labute approximate surface area is 116 Å². The fourth-order valence-electron chi connectivity index (χ4n) is 2.75. The molecule has 0 bridgehead atoms. The Kier molecular flexibility index (Phi) is 4.57. The minimum Gasteiger partial charge on any atom is -0.315 e. The number of nitrogens with one attached hydrogen (secondary N) is 1. The van der Waals surface area contributed by atoms with Gasteiger partial charge in [-0.2, -0.15) is 5.26 Å². The van der Waals surface area contributed by atoms with Gasteiger partial charge in [-0.25, -0.2) is 0 Å². The largest absolute Gasteiger partial charge is 0.315 e. The third-order valence-electron chi connectivity index (χ3n) is 4.04. The van der Waals surface area contributed by atoms with Gasteiger partial charge >= 0.3 is 0 Å². The first kappa shape index (κ1) is 14.0. The minimum atomic E-state index is -0.112. The average molecular weight is 257 g/mol. The van der Waals surface area contributed by atoms with Gasteiger partial charge in [-0.15, -0.1) is 0 Å². The van der Waals surface area contributed by atoms with Crippen molar-refractivity contribution < 1.29 is 0 Å². The van der Waals surface area contributed by atoms with Crippen LogP contribution in [-0.4, -0.2) is 31.1 Å². The molecule has 1 saturated heterocycles. The van der Waals surface area contributed by atoms with E-state index in [1.807, 2.05) is 0 Å². The molecule has 1 aromatic carbocycles. The summed E-state index contributed by atoms with van der Waals surface area (Å²) in [6.07, 6.45) is 1.11. The van der Waals surface area contributed by atoms with Crippen LogP contribution in [0.4, 0.5) is 0 Å². The zero-order valence-corrected chi connectivity index (χ0v) is 12.2. The number of rotatable bonds is 2. The number of benzene rings is 1. The maximum Gasteiger partial charge on any atom is 0.124 e. The van der Waals surface area contributed by atoms with Crippen LogP contribution in [0.25, 0.3) is 0 Å². The molecule has 102 valence electrons. The molecule has 1 atom stereocenters. The van der Waals surface area contributed by atoms with Crippen LogP contribution < -0.4 is 5.32 Å². The van der Waals surface area contributed by atoms with Gasteiger partial charge in [-0.05, 0) is 56.0 Å². The quantitative estimate of drug-likeness (QED) is 0.884. The van der Waals surface area contributed by atoms with E-state index in [1.54, 1.807) is 0 Å². The molecule has 1 aliphatic rings. The molecule has 1 aliphatic heterocycles. The highest BCUT2D eigenvalue weighted by Gasteiger charge is 2.22. The van der Waals surface area contributed by atoms with Crippen molar-refractivity contribution in [3.63, 3.8) is 0 Å². The Bertz CT molecular complexity index is 480. The molecule has 0 aromatic heterocycles. The molecule has 3 heteroatoms. The minimum absolute atomic E-state index is 0.112. The Hall–Kier alpha value is -1.37. The summed E-state index contributed by atoms with van der Waals surface area (Å²) in [6.45, 7) is 10.3. The Balaban J connectivity index is 2.31. The van der Waals surface area contributed by atoms with Crippen molar-refractivity contribution in [1.82, 2.24) is 10.2 Å². The fourth-order valence-corrected chi connectivity index (χ4v) is 2.75. The molecule has 1 unspecified atom stereocenters. The maximum absolute atomic E-state index is 9.60. The Morgan fingerprint density at radius 2 is 1.84 bits per heavy atom. The molecule has 0 radical (unpaired) electrons. The highest BCUT2D eigenvalue weighted by atomic mass is 15.2. The molecular formula is C16H23N3. The van der Waals surface area contributed by atoms with Crippen LogP contribution in [0, 0.1) is 32.1 Å². The van der Waals surface area contributed by atoms with Crippen molar-refractivity contribution >= 4 is 0 Å². The van der Waals surface area contributed by atoms with E-state index in [1.165, 1.54) is 22.3 Å². The normalized spacial score (nSPS) is 18.6. The van der Waals surface area contributed by atoms with Crippen LogP contribution in [0.15, 0.2) is 12.1 Å². The molecule has 0 saturated carbocycles. The number of nitrogens with zero attached hydrogens (tertiary/aromatic N) is 2. The standard InChI is InChI=1S/C16H23N3/c1-12-9-14(3)15(10-13(12)2)16(11-17)19-7-4-5-18-6-8-19/h9-10,16,18H,4-8H2,1-3H3. The summed E-state index contributed by atoms with van der Waals surface area (Å²) >= 11 is 0. The lowest BCUT2D eigenvalue weighted by Gasteiger charge is -2.27. The van der Waals surface area contributed by atoms with Crippen LogP contribution in [0.3, 0.4) is 0 Å². The van der Waals surface area contributed by atoms with Crippen molar-refractivity contribution in [2.75, 3.05) is 26.2 Å². The highest BCUT2D eigenvalue weighted by molar-refractivity contribution is 5.40. The zero-order valence-electron chi connectivity index (χ0n) is 12.2. The fraction of sp³-hybridized carbons (Fsp3) is 0.562. The van der Waals surface area contributed by atoms with E-state index in [-0.39, 0.29) is 6.04 Å². The van der Waals surface area contributed by atoms with Crippen LogP contribution in [0.1, 0.15) is 34.7 Å². The van der Waals surface area contributed by atoms with E-state index in [2.05, 4.69) is 49.2 Å². The van der Waals surface area contributed by atoms with Gasteiger partial charge < -0.3 is 5.32 Å². The van der Waals surface area contributed by atoms with Gasteiger partial charge in [0, 0.05) is 19.6 Å². The van der Waals surface area contributed by atoms with Crippen LogP contribution in [0.2, 0.25) is 0 Å². The van der Waals surface area contributed by atoms with E-state index >= 15 is 0 Å². The lowest BCUT2D eigenvalue weighted by Crippen LogP contribution is -2.32. The molecule has 1 fully saturated rings. The molecule has 3 nitrogen and oxygen atoms in total. The summed E-state index contributed by atoms with van der Waals surface area (Å²) < 4.78 is 0. The lowest BCUT2D eigenvalue weighted by molar-refractivity contribution is 0.252. The summed E-state index contributed by atoms with van der Waals surface area (Å²) in [5, 5.41) is 13.0. The second-order valence-corrected chi connectivity index (χ2v) is 5.46. The molecule has 1 N–H and O–H groups in total. The molecule has 19 heavy (non-hydrogen) atoms. The van der Waals surface area contributed by atoms with Crippen molar-refractivity contribution in [1.29, 1.82) is 5.26 Å².